The molecule has 0 bridgehead atoms. The summed E-state index contributed by atoms with van der Waals surface area (Å²) in [7, 11) is 0. The molecule has 0 amide bonds. The Morgan fingerprint density at radius 2 is 1.52 bits per heavy atom. The summed E-state index contributed by atoms with van der Waals surface area (Å²) in [6.45, 7) is 7.39. The number of hydrogen-bond acceptors (Lipinski definition) is 5. The van der Waals surface area contributed by atoms with Crippen LogP contribution in [0.25, 0.3) is 0 Å². The molecule has 2 rings (SSSR count). The highest BCUT2D eigenvalue weighted by Gasteiger charge is 2.22. The molecule has 5 heteroatoms. The van der Waals surface area contributed by atoms with Crippen LogP contribution < -0.4 is 9.47 Å². The predicted molar refractivity (Wildman–Crippen MR) is 131 cm³/mol. The van der Waals surface area contributed by atoms with E-state index in [1.807, 2.05) is 6.07 Å². The van der Waals surface area contributed by atoms with Gasteiger partial charge in [-0.2, -0.15) is 0 Å². The van der Waals surface area contributed by atoms with E-state index < -0.39 is 11.9 Å². The van der Waals surface area contributed by atoms with Crippen LogP contribution in [-0.2, 0) is 4.74 Å². The molecule has 5 nitrogen and oxygen atoms in total. The van der Waals surface area contributed by atoms with Crippen molar-refractivity contribution in [1.29, 1.82) is 0 Å². The van der Waals surface area contributed by atoms with Crippen molar-refractivity contribution in [3.05, 3.63) is 59.7 Å². The normalized spacial score (nSPS) is 10.8. The van der Waals surface area contributed by atoms with Gasteiger partial charge in [-0.25, -0.2) is 9.59 Å². The van der Waals surface area contributed by atoms with E-state index in [2.05, 4.69) is 20.8 Å². The fraction of sp³-hybridized carbons (Fsp3) is 0.500. The summed E-state index contributed by atoms with van der Waals surface area (Å²) >= 11 is 0. The van der Waals surface area contributed by atoms with Gasteiger partial charge in [-0.3, -0.25) is 0 Å². The van der Waals surface area contributed by atoms with Gasteiger partial charge in [0.1, 0.15) is 5.56 Å². The first kappa shape index (κ1) is 26.4. The Labute approximate surface area is 198 Å². The third-order valence-corrected chi connectivity index (χ3v) is 5.32. The molecule has 0 aromatic heterocycles. The molecule has 0 aliphatic heterocycles. The topological polar surface area (TPSA) is 61.8 Å². The number of esters is 2. The second-order valence-electron chi connectivity index (χ2n) is 8.68. The number of unbranched alkanes of at least 4 members (excludes halogenated alkanes) is 5. The molecule has 180 valence electrons. The van der Waals surface area contributed by atoms with E-state index >= 15 is 0 Å². The molecular weight excluding hydrogens is 416 g/mol. The number of hydrogen-bond donors (Lipinski definition) is 0. The standard InChI is InChI=1S/C28H38O5/c1-4-5-6-12-20-31-25-19-14-18-24(28(30)32-21-13-8-9-15-22(2)3)26(25)33-27(29)23-16-10-7-11-17-23/h7,10-11,14,16-19,22H,4-6,8-9,12-13,15,20-21H2,1-3H3. The van der Waals surface area contributed by atoms with Crippen LogP contribution in [0.3, 0.4) is 0 Å². The summed E-state index contributed by atoms with van der Waals surface area (Å²) in [6.07, 6.45) is 8.36. The van der Waals surface area contributed by atoms with Crippen molar-refractivity contribution in [3.63, 3.8) is 0 Å². The molecule has 0 spiro atoms. The lowest BCUT2D eigenvalue weighted by Gasteiger charge is -2.15. The van der Waals surface area contributed by atoms with Crippen molar-refractivity contribution >= 4 is 11.9 Å². The Bertz CT molecular complexity index is 845. The van der Waals surface area contributed by atoms with Crippen LogP contribution in [-0.4, -0.2) is 25.2 Å². The van der Waals surface area contributed by atoms with Crippen molar-refractivity contribution in [3.8, 4) is 11.5 Å². The lowest BCUT2D eigenvalue weighted by Crippen LogP contribution is -2.15. The minimum atomic E-state index is -0.541. The largest absolute Gasteiger partial charge is 0.490 e. The maximum absolute atomic E-state index is 12.8. The highest BCUT2D eigenvalue weighted by atomic mass is 16.6. The molecule has 0 saturated carbocycles. The number of rotatable bonds is 15. The zero-order valence-electron chi connectivity index (χ0n) is 20.3. The Hall–Kier alpha value is -2.82. The summed E-state index contributed by atoms with van der Waals surface area (Å²) < 4.78 is 17.1. The van der Waals surface area contributed by atoms with E-state index in [0.29, 0.717) is 30.4 Å². The second-order valence-corrected chi connectivity index (χ2v) is 8.68. The lowest BCUT2D eigenvalue weighted by atomic mass is 10.1. The Kier molecular flexibility index (Phi) is 12.1. The van der Waals surface area contributed by atoms with Crippen molar-refractivity contribution < 1.29 is 23.8 Å². The van der Waals surface area contributed by atoms with Gasteiger partial charge < -0.3 is 14.2 Å². The highest BCUT2D eigenvalue weighted by Crippen LogP contribution is 2.33. The Morgan fingerprint density at radius 1 is 0.788 bits per heavy atom. The molecule has 0 unspecified atom stereocenters. The Balaban J connectivity index is 2.08. The zero-order chi connectivity index (χ0) is 23.9. The van der Waals surface area contributed by atoms with Crippen LogP contribution in [0.2, 0.25) is 0 Å². The highest BCUT2D eigenvalue weighted by molar-refractivity contribution is 5.97. The molecule has 33 heavy (non-hydrogen) atoms. The number of carbonyl (C=O) groups is 2. The van der Waals surface area contributed by atoms with Crippen LogP contribution in [0.1, 0.15) is 92.9 Å². The number of carbonyl (C=O) groups excluding carboxylic acids is 2. The summed E-state index contributed by atoms with van der Waals surface area (Å²) in [6, 6.07) is 13.8. The molecule has 0 aliphatic rings. The molecule has 0 N–H and O–H groups in total. The molecule has 0 radical (unpaired) electrons. The molecular formula is C28H38O5. The third kappa shape index (κ3) is 9.68. The molecule has 0 fully saturated rings. The van der Waals surface area contributed by atoms with Gasteiger partial charge in [0.2, 0.25) is 0 Å². The van der Waals surface area contributed by atoms with Crippen molar-refractivity contribution in [2.24, 2.45) is 5.92 Å². The summed E-state index contributed by atoms with van der Waals surface area (Å²) in [5, 5.41) is 0. The quantitative estimate of drug-likeness (QED) is 0.161. The van der Waals surface area contributed by atoms with Crippen molar-refractivity contribution in [1.82, 2.24) is 0 Å². The van der Waals surface area contributed by atoms with Gasteiger partial charge >= 0.3 is 11.9 Å². The van der Waals surface area contributed by atoms with Crippen LogP contribution in [0.4, 0.5) is 0 Å². The second kappa shape index (κ2) is 15.1. The summed E-state index contributed by atoms with van der Waals surface area (Å²) in [5.41, 5.74) is 0.604. The molecule has 0 atom stereocenters. The van der Waals surface area contributed by atoms with Crippen molar-refractivity contribution in [2.45, 2.75) is 72.1 Å². The molecule has 2 aromatic carbocycles. The molecule has 0 saturated heterocycles. The van der Waals surface area contributed by atoms with E-state index in [-0.39, 0.29) is 11.3 Å². The summed E-state index contributed by atoms with van der Waals surface area (Å²) in [4.78, 5) is 25.5. The number of ether oxygens (including phenoxy) is 3. The SMILES string of the molecule is CCCCCCOc1cccc(C(=O)OCCCCCC(C)C)c1OC(=O)c1ccccc1. The molecule has 0 aliphatic carbocycles. The lowest BCUT2D eigenvalue weighted by molar-refractivity contribution is 0.0490. The van der Waals surface area contributed by atoms with E-state index in [1.54, 1.807) is 42.5 Å². The Morgan fingerprint density at radius 3 is 2.24 bits per heavy atom. The van der Waals surface area contributed by atoms with E-state index in [4.69, 9.17) is 14.2 Å². The van der Waals surface area contributed by atoms with Gasteiger partial charge in [0.05, 0.1) is 18.8 Å². The van der Waals surface area contributed by atoms with Gasteiger partial charge in [0, 0.05) is 0 Å². The monoisotopic (exact) mass is 454 g/mol. The van der Waals surface area contributed by atoms with Crippen LogP contribution in [0.5, 0.6) is 11.5 Å². The zero-order valence-corrected chi connectivity index (χ0v) is 20.3. The van der Waals surface area contributed by atoms with Gasteiger partial charge in [0.15, 0.2) is 11.5 Å². The van der Waals surface area contributed by atoms with Crippen LogP contribution >= 0.6 is 0 Å². The van der Waals surface area contributed by atoms with Gasteiger partial charge in [0.25, 0.3) is 0 Å². The summed E-state index contributed by atoms with van der Waals surface area (Å²) in [5.74, 6) is 0.124. The molecule has 2 aromatic rings. The minimum Gasteiger partial charge on any atom is -0.490 e. The van der Waals surface area contributed by atoms with Crippen LogP contribution in [0, 0.1) is 5.92 Å². The average Bonchev–Trinajstić information content (AvgIpc) is 2.82. The van der Waals surface area contributed by atoms with Gasteiger partial charge in [-0.1, -0.05) is 83.6 Å². The first-order valence-corrected chi connectivity index (χ1v) is 12.2. The number of benzene rings is 2. The average molecular weight is 455 g/mol. The van der Waals surface area contributed by atoms with Gasteiger partial charge in [-0.15, -0.1) is 0 Å². The first-order valence-electron chi connectivity index (χ1n) is 12.2. The fourth-order valence-corrected chi connectivity index (χ4v) is 3.41. The predicted octanol–water partition coefficient (Wildman–Crippen LogP) is 7.24. The minimum absolute atomic E-state index is 0.117. The maximum atomic E-state index is 12.8. The number of para-hydroxylation sites is 1. The first-order chi connectivity index (χ1) is 16.0. The fourth-order valence-electron chi connectivity index (χ4n) is 3.41. The van der Waals surface area contributed by atoms with Gasteiger partial charge in [-0.05, 0) is 43.0 Å². The van der Waals surface area contributed by atoms with Crippen LogP contribution in [0.15, 0.2) is 48.5 Å². The van der Waals surface area contributed by atoms with E-state index in [0.717, 1.165) is 44.9 Å². The van der Waals surface area contributed by atoms with E-state index in [1.165, 1.54) is 6.42 Å². The third-order valence-electron chi connectivity index (χ3n) is 5.32. The smallest absolute Gasteiger partial charge is 0.343 e. The van der Waals surface area contributed by atoms with E-state index in [9.17, 15) is 9.59 Å². The van der Waals surface area contributed by atoms with Crippen molar-refractivity contribution in [2.75, 3.05) is 13.2 Å². The molecule has 0 heterocycles. The maximum Gasteiger partial charge on any atom is 0.343 e.